The summed E-state index contributed by atoms with van der Waals surface area (Å²) < 4.78 is 25.7. The van der Waals surface area contributed by atoms with Gasteiger partial charge in [0.2, 0.25) is 10.0 Å². The van der Waals surface area contributed by atoms with Crippen molar-refractivity contribution in [2.75, 3.05) is 31.3 Å². The third kappa shape index (κ3) is 3.05. The van der Waals surface area contributed by atoms with Gasteiger partial charge in [-0.3, -0.25) is 0 Å². The molecule has 0 saturated heterocycles. The standard InChI is InChI=1S/C15H23N5O2S/c1-4-19(2)23(21,22)9-11-7-12(8-11)20(3)15-13-5-6-16-14(13)17-10-18-15/h5-6,10-12H,4,7-9H2,1-3H3,(H,16,17,18)/t11-,12+. The lowest BCUT2D eigenvalue weighted by atomic mass is 9.81. The van der Waals surface area contributed by atoms with Gasteiger partial charge in [0.25, 0.3) is 0 Å². The Morgan fingerprint density at radius 3 is 2.74 bits per heavy atom. The highest BCUT2D eigenvalue weighted by Gasteiger charge is 2.36. The molecule has 2 aromatic rings. The third-order valence-corrected chi connectivity index (χ3v) is 6.89. The average Bonchev–Trinajstić information content (AvgIpc) is 2.97. The summed E-state index contributed by atoms with van der Waals surface area (Å²) in [5.74, 6) is 1.36. The zero-order valence-electron chi connectivity index (χ0n) is 13.7. The summed E-state index contributed by atoms with van der Waals surface area (Å²) >= 11 is 0. The summed E-state index contributed by atoms with van der Waals surface area (Å²) in [5, 5.41) is 0.997. The number of rotatable bonds is 6. The number of aromatic nitrogens is 3. The maximum atomic E-state index is 12.1. The quantitative estimate of drug-likeness (QED) is 0.863. The summed E-state index contributed by atoms with van der Waals surface area (Å²) in [6.07, 6.45) is 5.17. The van der Waals surface area contributed by atoms with Crippen LogP contribution in [0.25, 0.3) is 11.0 Å². The van der Waals surface area contributed by atoms with Crippen LogP contribution in [-0.4, -0.2) is 60.1 Å². The molecule has 1 N–H and O–H groups in total. The van der Waals surface area contributed by atoms with Crippen LogP contribution >= 0.6 is 0 Å². The lowest BCUT2D eigenvalue weighted by Gasteiger charge is -2.42. The van der Waals surface area contributed by atoms with E-state index in [9.17, 15) is 8.42 Å². The minimum Gasteiger partial charge on any atom is -0.356 e. The minimum absolute atomic E-state index is 0.227. The molecular formula is C15H23N5O2S. The van der Waals surface area contributed by atoms with E-state index in [0.717, 1.165) is 29.7 Å². The zero-order valence-corrected chi connectivity index (χ0v) is 14.5. The van der Waals surface area contributed by atoms with Gasteiger partial charge in [0.1, 0.15) is 17.8 Å². The fourth-order valence-electron chi connectivity index (χ4n) is 3.09. The molecule has 0 radical (unpaired) electrons. The first kappa shape index (κ1) is 16.2. The van der Waals surface area contributed by atoms with Crippen molar-refractivity contribution in [3.63, 3.8) is 0 Å². The molecule has 1 aliphatic carbocycles. The predicted molar refractivity (Wildman–Crippen MR) is 90.9 cm³/mol. The highest BCUT2D eigenvalue weighted by Crippen LogP contribution is 2.36. The molecule has 3 rings (SSSR count). The number of fused-ring (bicyclic) bond motifs is 1. The average molecular weight is 337 g/mol. The fraction of sp³-hybridized carbons (Fsp3) is 0.600. The summed E-state index contributed by atoms with van der Waals surface area (Å²) in [6, 6.07) is 2.30. The van der Waals surface area contributed by atoms with Crippen LogP contribution < -0.4 is 4.90 Å². The molecule has 126 valence electrons. The lowest BCUT2D eigenvalue weighted by Crippen LogP contribution is -2.46. The summed E-state index contributed by atoms with van der Waals surface area (Å²) in [4.78, 5) is 13.8. The van der Waals surface area contributed by atoms with Crippen molar-refractivity contribution >= 4 is 26.9 Å². The Balaban J connectivity index is 1.64. The van der Waals surface area contributed by atoms with Crippen LogP contribution in [0.5, 0.6) is 0 Å². The van der Waals surface area contributed by atoms with Gasteiger partial charge in [-0.05, 0) is 24.8 Å². The maximum Gasteiger partial charge on any atom is 0.214 e. The summed E-state index contributed by atoms with van der Waals surface area (Å²) in [6.45, 7) is 2.37. The van der Waals surface area contributed by atoms with E-state index in [4.69, 9.17) is 0 Å². The van der Waals surface area contributed by atoms with E-state index in [0.29, 0.717) is 12.6 Å². The van der Waals surface area contributed by atoms with Gasteiger partial charge in [-0.1, -0.05) is 6.92 Å². The molecule has 0 spiro atoms. The number of nitrogens with zero attached hydrogens (tertiary/aromatic N) is 4. The molecule has 0 atom stereocenters. The van der Waals surface area contributed by atoms with Crippen molar-refractivity contribution in [1.82, 2.24) is 19.3 Å². The lowest BCUT2D eigenvalue weighted by molar-refractivity contribution is 0.279. The van der Waals surface area contributed by atoms with E-state index < -0.39 is 10.0 Å². The van der Waals surface area contributed by atoms with E-state index >= 15 is 0 Å². The monoisotopic (exact) mass is 337 g/mol. The zero-order chi connectivity index (χ0) is 16.6. The van der Waals surface area contributed by atoms with Gasteiger partial charge in [0, 0.05) is 32.9 Å². The molecule has 7 nitrogen and oxygen atoms in total. The smallest absolute Gasteiger partial charge is 0.214 e. The molecule has 1 aliphatic rings. The molecule has 8 heteroatoms. The Morgan fingerprint density at radius 1 is 1.30 bits per heavy atom. The number of H-pyrrole nitrogens is 1. The third-order valence-electron chi connectivity index (χ3n) is 4.79. The van der Waals surface area contributed by atoms with Crippen molar-refractivity contribution in [2.45, 2.75) is 25.8 Å². The molecule has 0 aliphatic heterocycles. The normalized spacial score (nSPS) is 21.6. The molecule has 0 unspecified atom stereocenters. The van der Waals surface area contributed by atoms with Gasteiger partial charge in [0.15, 0.2) is 0 Å². The number of aromatic amines is 1. The molecule has 1 saturated carbocycles. The molecule has 0 bridgehead atoms. The van der Waals surface area contributed by atoms with Crippen LogP contribution in [-0.2, 0) is 10.0 Å². The van der Waals surface area contributed by atoms with Crippen LogP contribution in [0.1, 0.15) is 19.8 Å². The van der Waals surface area contributed by atoms with Gasteiger partial charge < -0.3 is 9.88 Å². The molecule has 0 amide bonds. The van der Waals surface area contributed by atoms with Crippen molar-refractivity contribution in [3.05, 3.63) is 18.6 Å². The van der Waals surface area contributed by atoms with Crippen LogP contribution in [0.3, 0.4) is 0 Å². The highest BCUT2D eigenvalue weighted by molar-refractivity contribution is 7.89. The molecule has 2 aromatic heterocycles. The van der Waals surface area contributed by atoms with Crippen molar-refractivity contribution < 1.29 is 8.42 Å². The predicted octanol–water partition coefficient (Wildman–Crippen LogP) is 1.45. The van der Waals surface area contributed by atoms with Gasteiger partial charge in [0.05, 0.1) is 11.1 Å². The van der Waals surface area contributed by atoms with E-state index in [2.05, 4.69) is 19.9 Å². The number of nitrogens with one attached hydrogen (secondary N) is 1. The maximum absolute atomic E-state index is 12.1. The highest BCUT2D eigenvalue weighted by atomic mass is 32.2. The van der Waals surface area contributed by atoms with Gasteiger partial charge in [-0.2, -0.15) is 0 Å². The number of hydrogen-bond acceptors (Lipinski definition) is 5. The summed E-state index contributed by atoms with van der Waals surface area (Å²) in [5.41, 5.74) is 0.824. The van der Waals surface area contributed by atoms with Gasteiger partial charge >= 0.3 is 0 Å². The van der Waals surface area contributed by atoms with Crippen molar-refractivity contribution in [3.8, 4) is 0 Å². The molecule has 23 heavy (non-hydrogen) atoms. The first-order chi connectivity index (χ1) is 10.9. The van der Waals surface area contributed by atoms with E-state index in [-0.39, 0.29) is 11.7 Å². The number of anilines is 1. The molecular weight excluding hydrogens is 314 g/mol. The first-order valence-corrected chi connectivity index (χ1v) is 9.48. The second kappa shape index (κ2) is 6.09. The van der Waals surface area contributed by atoms with Crippen LogP contribution in [0.2, 0.25) is 0 Å². The Bertz CT molecular complexity index is 782. The molecule has 1 fully saturated rings. The Morgan fingerprint density at radius 2 is 2.04 bits per heavy atom. The van der Waals surface area contributed by atoms with Crippen LogP contribution in [0.4, 0.5) is 5.82 Å². The summed E-state index contributed by atoms with van der Waals surface area (Å²) in [7, 11) is 0.530. The first-order valence-electron chi connectivity index (χ1n) is 7.87. The van der Waals surface area contributed by atoms with Gasteiger partial charge in [-0.15, -0.1) is 0 Å². The Labute approximate surface area is 136 Å². The van der Waals surface area contributed by atoms with Crippen molar-refractivity contribution in [1.29, 1.82) is 0 Å². The van der Waals surface area contributed by atoms with E-state index in [1.54, 1.807) is 13.4 Å². The van der Waals surface area contributed by atoms with Crippen molar-refractivity contribution in [2.24, 2.45) is 5.92 Å². The largest absolute Gasteiger partial charge is 0.356 e. The number of hydrogen-bond donors (Lipinski definition) is 1. The van der Waals surface area contributed by atoms with E-state index in [1.165, 1.54) is 4.31 Å². The minimum atomic E-state index is -3.13. The Kier molecular flexibility index (Phi) is 4.29. The Hall–Kier alpha value is -1.67. The number of sulfonamides is 1. The SMILES string of the molecule is CCN(C)S(=O)(=O)C[C@H]1C[C@@H](N(C)c2ncnc3[nH]ccc23)C1. The topological polar surface area (TPSA) is 82.2 Å². The van der Waals surface area contributed by atoms with E-state index in [1.807, 2.05) is 26.2 Å². The van der Waals surface area contributed by atoms with Crippen LogP contribution in [0.15, 0.2) is 18.6 Å². The second-order valence-electron chi connectivity index (χ2n) is 6.23. The molecule has 0 aromatic carbocycles. The fourth-order valence-corrected chi connectivity index (χ4v) is 4.60. The second-order valence-corrected chi connectivity index (χ2v) is 8.35. The van der Waals surface area contributed by atoms with Gasteiger partial charge in [-0.25, -0.2) is 22.7 Å². The molecule has 2 heterocycles. The van der Waals surface area contributed by atoms with Crippen LogP contribution in [0, 0.1) is 5.92 Å².